The third kappa shape index (κ3) is 7.84. The van der Waals surface area contributed by atoms with Crippen molar-refractivity contribution in [3.63, 3.8) is 0 Å². The van der Waals surface area contributed by atoms with Crippen LogP contribution in [-0.4, -0.2) is 10.3 Å². The van der Waals surface area contributed by atoms with Crippen LogP contribution in [0, 0.1) is 0 Å². The molecule has 2 heterocycles. The summed E-state index contributed by atoms with van der Waals surface area (Å²) in [5.74, 6) is 2.73. The van der Waals surface area contributed by atoms with Gasteiger partial charge in [0.25, 0.3) is 0 Å². The first-order chi connectivity index (χ1) is 21.1. The molecule has 0 unspecified atom stereocenters. The topological polar surface area (TPSA) is 79.8 Å². The number of aromatic nitrogens is 2. The van der Waals surface area contributed by atoms with E-state index in [0.29, 0.717) is 46.2 Å². The number of benzene rings is 4. The molecular weight excluding hydrogens is 587 g/mol. The van der Waals surface area contributed by atoms with Crippen LogP contribution >= 0.6 is 23.2 Å². The number of nitrogens with zero attached hydrogens (tertiary/aromatic N) is 2. The van der Waals surface area contributed by atoms with Gasteiger partial charge in [-0.1, -0.05) is 57.8 Å². The number of rotatable bonds is 12. The molecule has 0 radical (unpaired) electrons. The Morgan fingerprint density at radius 1 is 0.488 bits per heavy atom. The summed E-state index contributed by atoms with van der Waals surface area (Å²) in [7, 11) is 0. The highest BCUT2D eigenvalue weighted by molar-refractivity contribution is 6.30. The Hall–Kier alpha value is -4.56. The molecule has 0 amide bonds. The maximum atomic E-state index is 5.94. The van der Waals surface area contributed by atoms with Gasteiger partial charge in [-0.3, -0.25) is 0 Å². The average molecular weight is 613 g/mol. The molecule has 2 aromatic heterocycles. The smallest absolute Gasteiger partial charge is 0.163 e. The maximum Gasteiger partial charge on any atom is 0.163 e. The summed E-state index contributed by atoms with van der Waals surface area (Å²) in [5.41, 5.74) is 5.34. The predicted octanol–water partition coefficient (Wildman–Crippen LogP) is 9.18. The Morgan fingerprint density at radius 2 is 0.884 bits per heavy atom. The molecule has 0 atom stereocenters. The zero-order chi connectivity index (χ0) is 29.4. The van der Waals surface area contributed by atoms with Gasteiger partial charge in [0.1, 0.15) is 49.3 Å². The van der Waals surface area contributed by atoms with Crippen molar-refractivity contribution >= 4 is 23.2 Å². The Labute approximate surface area is 258 Å². The first-order valence-corrected chi connectivity index (χ1v) is 14.3. The highest BCUT2D eigenvalue weighted by atomic mass is 35.5. The Balaban J connectivity index is 0.958. The summed E-state index contributed by atoms with van der Waals surface area (Å²) >= 11 is 11.9. The molecule has 0 aliphatic rings. The van der Waals surface area contributed by atoms with Crippen LogP contribution in [0.1, 0.15) is 22.6 Å². The van der Waals surface area contributed by atoms with Gasteiger partial charge in [-0.25, -0.2) is 0 Å². The van der Waals surface area contributed by atoms with E-state index in [4.69, 9.17) is 46.5 Å². The van der Waals surface area contributed by atoms with Gasteiger partial charge in [0, 0.05) is 33.3 Å². The van der Waals surface area contributed by atoms with E-state index >= 15 is 0 Å². The molecule has 216 valence electrons. The fraction of sp³-hybridized carbons (Fsp3) is 0.118. The maximum absolute atomic E-state index is 5.94. The van der Waals surface area contributed by atoms with Crippen molar-refractivity contribution in [2.45, 2.75) is 26.4 Å². The van der Waals surface area contributed by atoms with Gasteiger partial charge < -0.3 is 23.3 Å². The van der Waals surface area contributed by atoms with Gasteiger partial charge in [-0.05, 0) is 83.9 Å². The number of hydrogen-bond acceptors (Lipinski definition) is 7. The standard InChI is InChI=1S/C34H26Cl2N2O5/c35-27-9-1-23(2-10-27)19-40-29-13-5-25(6-14-29)33-17-31(42-37-33)21-39-22-32-18-34(38-43-32)26-7-15-30(16-8-26)41-20-24-3-11-28(36)12-4-24/h1-18H,19-22H2. The van der Waals surface area contributed by atoms with Crippen LogP contribution in [0.25, 0.3) is 22.5 Å². The second-order valence-electron chi connectivity index (χ2n) is 9.73. The lowest BCUT2D eigenvalue weighted by molar-refractivity contribution is 0.0727. The molecule has 0 aliphatic heterocycles. The molecule has 7 nitrogen and oxygen atoms in total. The first kappa shape index (κ1) is 28.6. The average Bonchev–Trinajstić information content (AvgIpc) is 3.72. The van der Waals surface area contributed by atoms with Gasteiger partial charge in [0.2, 0.25) is 0 Å². The monoisotopic (exact) mass is 612 g/mol. The minimum atomic E-state index is 0.241. The van der Waals surface area contributed by atoms with Crippen LogP contribution in [0.3, 0.4) is 0 Å². The number of ether oxygens (including phenoxy) is 3. The third-order valence-electron chi connectivity index (χ3n) is 6.54. The molecule has 43 heavy (non-hydrogen) atoms. The van der Waals surface area contributed by atoms with Crippen molar-refractivity contribution < 1.29 is 23.3 Å². The Bertz CT molecular complexity index is 1620. The van der Waals surface area contributed by atoms with Gasteiger partial charge in [-0.15, -0.1) is 0 Å². The molecule has 0 N–H and O–H groups in total. The van der Waals surface area contributed by atoms with Crippen molar-refractivity contribution in [1.29, 1.82) is 0 Å². The van der Waals surface area contributed by atoms with Gasteiger partial charge in [0.15, 0.2) is 11.5 Å². The van der Waals surface area contributed by atoms with Crippen LogP contribution < -0.4 is 9.47 Å². The Morgan fingerprint density at radius 3 is 1.28 bits per heavy atom. The molecule has 0 bridgehead atoms. The second-order valence-corrected chi connectivity index (χ2v) is 10.6. The molecule has 0 aliphatic carbocycles. The summed E-state index contributed by atoms with van der Waals surface area (Å²) in [6, 6.07) is 34.2. The molecule has 0 saturated heterocycles. The van der Waals surface area contributed by atoms with Gasteiger partial charge >= 0.3 is 0 Å². The molecule has 6 aromatic rings. The largest absolute Gasteiger partial charge is 0.489 e. The lowest BCUT2D eigenvalue weighted by atomic mass is 10.1. The minimum absolute atomic E-state index is 0.241. The fourth-order valence-corrected chi connectivity index (χ4v) is 4.48. The molecule has 0 spiro atoms. The van der Waals surface area contributed by atoms with E-state index in [1.54, 1.807) is 0 Å². The van der Waals surface area contributed by atoms with Crippen LogP contribution in [-0.2, 0) is 31.2 Å². The van der Waals surface area contributed by atoms with E-state index in [1.165, 1.54) is 0 Å². The molecule has 4 aromatic carbocycles. The molecular formula is C34H26Cl2N2O5. The lowest BCUT2D eigenvalue weighted by Crippen LogP contribution is -1.94. The van der Waals surface area contributed by atoms with E-state index < -0.39 is 0 Å². The van der Waals surface area contributed by atoms with Crippen LogP contribution in [0.4, 0.5) is 0 Å². The van der Waals surface area contributed by atoms with Crippen molar-refractivity contribution in [2.24, 2.45) is 0 Å². The second kappa shape index (κ2) is 13.6. The van der Waals surface area contributed by atoms with Gasteiger partial charge in [0.05, 0.1) is 0 Å². The SMILES string of the molecule is Clc1ccc(COc2ccc(-c3cc(COCc4cc(-c5ccc(OCc6ccc(Cl)cc6)cc5)no4)on3)cc2)cc1. The van der Waals surface area contributed by atoms with Crippen LogP contribution in [0.2, 0.25) is 10.0 Å². The zero-order valence-corrected chi connectivity index (χ0v) is 24.4. The Kier molecular flexibility index (Phi) is 9.04. The van der Waals surface area contributed by atoms with E-state index in [9.17, 15) is 0 Å². The van der Waals surface area contributed by atoms with Crippen molar-refractivity contribution in [2.75, 3.05) is 0 Å². The first-order valence-electron chi connectivity index (χ1n) is 13.5. The van der Waals surface area contributed by atoms with E-state index in [1.807, 2.05) is 109 Å². The highest BCUT2D eigenvalue weighted by Gasteiger charge is 2.11. The molecule has 6 rings (SSSR count). The fourth-order valence-electron chi connectivity index (χ4n) is 4.22. The van der Waals surface area contributed by atoms with E-state index in [0.717, 1.165) is 33.8 Å². The van der Waals surface area contributed by atoms with Crippen molar-refractivity contribution in [3.05, 3.63) is 142 Å². The summed E-state index contributed by atoms with van der Waals surface area (Å²) in [6.45, 7) is 1.40. The zero-order valence-electron chi connectivity index (χ0n) is 22.9. The van der Waals surface area contributed by atoms with Crippen molar-refractivity contribution in [3.8, 4) is 34.0 Å². The molecule has 0 fully saturated rings. The summed E-state index contributed by atoms with van der Waals surface area (Å²) in [6.07, 6.45) is 0. The number of hydrogen-bond donors (Lipinski definition) is 0. The lowest BCUT2D eigenvalue weighted by Gasteiger charge is -2.07. The quantitative estimate of drug-likeness (QED) is 0.136. The molecule has 9 heteroatoms. The summed E-state index contributed by atoms with van der Waals surface area (Å²) < 4.78 is 28.4. The third-order valence-corrected chi connectivity index (χ3v) is 7.05. The molecule has 0 saturated carbocycles. The number of halogens is 2. The summed E-state index contributed by atoms with van der Waals surface area (Å²) in [4.78, 5) is 0. The van der Waals surface area contributed by atoms with Crippen molar-refractivity contribution in [1.82, 2.24) is 10.3 Å². The van der Waals surface area contributed by atoms with Crippen LogP contribution in [0.15, 0.2) is 118 Å². The van der Waals surface area contributed by atoms with E-state index in [2.05, 4.69) is 10.3 Å². The highest BCUT2D eigenvalue weighted by Crippen LogP contribution is 2.25. The summed E-state index contributed by atoms with van der Waals surface area (Å²) in [5, 5.41) is 9.74. The van der Waals surface area contributed by atoms with Gasteiger partial charge in [-0.2, -0.15) is 0 Å². The van der Waals surface area contributed by atoms with Crippen LogP contribution in [0.5, 0.6) is 11.5 Å². The normalized spacial score (nSPS) is 11.0. The van der Waals surface area contributed by atoms with E-state index in [-0.39, 0.29) is 13.2 Å². The minimum Gasteiger partial charge on any atom is -0.489 e. The predicted molar refractivity (Wildman–Crippen MR) is 164 cm³/mol.